The molecule has 4 aliphatic carbocycles. The number of carbonyl (C=O) groups excluding carboxylic acids is 2. The van der Waals surface area contributed by atoms with Gasteiger partial charge < -0.3 is 58.7 Å². The monoisotopic (exact) mass is 766 g/mol. The molecule has 4 saturated carbocycles. The third kappa shape index (κ3) is 6.42. The number of esters is 1. The van der Waals surface area contributed by atoms with E-state index in [-0.39, 0.29) is 41.8 Å². The lowest BCUT2D eigenvalue weighted by Crippen LogP contribution is -2.61. The second kappa shape index (κ2) is 14.5. The lowest BCUT2D eigenvalue weighted by atomic mass is 9.44. The highest BCUT2D eigenvalue weighted by atomic mass is 16.7. The summed E-state index contributed by atoms with van der Waals surface area (Å²) in [6.07, 6.45) is -5.09. The van der Waals surface area contributed by atoms with E-state index in [0.717, 1.165) is 52.1 Å². The topological polar surface area (TPSA) is 200 Å². The molecule has 8 rings (SSSR count). The van der Waals surface area contributed by atoms with Gasteiger partial charge in [-0.3, -0.25) is 9.59 Å². The van der Waals surface area contributed by atoms with E-state index in [0.29, 0.717) is 54.8 Å². The van der Waals surface area contributed by atoms with Gasteiger partial charge in [-0.2, -0.15) is 0 Å². The standard InChI is InChI=1S/C40H62O14/c1-18-6-11-40(50-15-18)19(2)30-28(54-40)14-24-22-13-26(42)25-12-21(7-9-38(25,4)23(22)8-10-39(24,30)5)52-36-34(47)33(46)32(45)29(53-36)17-49-37-35(51-20(3)41)31(44)27(43)16-48-37/h18-19,21-25,27-37,43-47H,6-17H2,1-5H3/t18?,19?,21-,22?,23?,24?,25?,27-,28?,29+,30?,31-,32+,33-,34+,35+,36+,37-,38+,39-,40+/m0/s1. The Morgan fingerprint density at radius 1 is 0.870 bits per heavy atom. The SMILES string of the molecule is CC(=O)O[C@H]1[C@H](OC[C@H]2O[C@@H](O[C@H]3CC[C@@]4(C)C(C3)C(=O)CC3C4CC[C@@]4(C)C3CC3O[C@]5(CCC(C)CO5)C(C)C34)[C@H](O)[C@@H](O)[C@@H]2O)OC[C@H](O)[C@@H]1O. The molecule has 0 bridgehead atoms. The number of rotatable bonds is 6. The Balaban J connectivity index is 0.906. The first-order valence-electron chi connectivity index (χ1n) is 20.5. The molecule has 0 radical (unpaired) electrons. The van der Waals surface area contributed by atoms with Crippen molar-refractivity contribution < 1.29 is 68.3 Å². The molecular weight excluding hydrogens is 704 g/mol. The highest BCUT2D eigenvalue weighted by Gasteiger charge is 2.70. The predicted octanol–water partition coefficient (Wildman–Crippen LogP) is 1.83. The lowest BCUT2D eigenvalue weighted by molar-refractivity contribution is -0.330. The molecule has 0 aromatic carbocycles. The van der Waals surface area contributed by atoms with Gasteiger partial charge in [-0.25, -0.2) is 0 Å². The summed E-state index contributed by atoms with van der Waals surface area (Å²) in [5.41, 5.74) is -0.0689. The molecule has 4 heterocycles. The van der Waals surface area contributed by atoms with E-state index >= 15 is 0 Å². The Labute approximate surface area is 317 Å². The van der Waals surface area contributed by atoms with Crippen LogP contribution in [0.3, 0.4) is 0 Å². The van der Waals surface area contributed by atoms with E-state index < -0.39 is 73.2 Å². The van der Waals surface area contributed by atoms with E-state index in [2.05, 4.69) is 27.7 Å². The molecule has 8 fully saturated rings. The fraction of sp³-hybridized carbons (Fsp3) is 0.950. The minimum atomic E-state index is -1.62. The fourth-order valence-electron chi connectivity index (χ4n) is 12.9. The van der Waals surface area contributed by atoms with E-state index in [1.54, 1.807) is 0 Å². The zero-order chi connectivity index (χ0) is 38.5. The third-order valence-electron chi connectivity index (χ3n) is 15.8. The first kappa shape index (κ1) is 39.5. The Morgan fingerprint density at radius 3 is 2.35 bits per heavy atom. The van der Waals surface area contributed by atoms with Gasteiger partial charge in [-0.05, 0) is 85.4 Å². The van der Waals surface area contributed by atoms with Gasteiger partial charge in [-0.1, -0.05) is 27.7 Å². The first-order valence-corrected chi connectivity index (χ1v) is 20.5. The fourth-order valence-corrected chi connectivity index (χ4v) is 12.9. The summed E-state index contributed by atoms with van der Waals surface area (Å²) in [5.74, 6) is 1.37. The summed E-state index contributed by atoms with van der Waals surface area (Å²) in [4.78, 5) is 25.9. The van der Waals surface area contributed by atoms with Crippen molar-refractivity contribution in [3.63, 3.8) is 0 Å². The summed E-state index contributed by atoms with van der Waals surface area (Å²) < 4.78 is 42.0. The van der Waals surface area contributed by atoms with Gasteiger partial charge in [-0.15, -0.1) is 0 Å². The maximum absolute atomic E-state index is 14.2. The molecule has 306 valence electrons. The van der Waals surface area contributed by atoms with Crippen LogP contribution in [0, 0.1) is 52.3 Å². The minimum Gasteiger partial charge on any atom is -0.454 e. The van der Waals surface area contributed by atoms with Gasteiger partial charge in [0.25, 0.3) is 0 Å². The molecule has 8 aliphatic rings. The number of hydrogen-bond donors (Lipinski definition) is 5. The number of Topliss-reactive ketones (excluding diaryl/α,β-unsaturated/α-hetero) is 1. The smallest absolute Gasteiger partial charge is 0.303 e. The largest absolute Gasteiger partial charge is 0.454 e. The third-order valence-corrected chi connectivity index (χ3v) is 15.8. The summed E-state index contributed by atoms with van der Waals surface area (Å²) in [6, 6.07) is 0. The number of fused-ring (bicyclic) bond motifs is 7. The zero-order valence-electron chi connectivity index (χ0n) is 32.3. The number of hydrogen-bond acceptors (Lipinski definition) is 14. The van der Waals surface area contributed by atoms with Crippen LogP contribution in [0.5, 0.6) is 0 Å². The normalized spacial score (nSPS) is 55.8. The number of aliphatic hydroxyl groups is 5. The molecule has 0 amide bonds. The Kier molecular flexibility index (Phi) is 10.6. The van der Waals surface area contributed by atoms with Crippen molar-refractivity contribution in [2.45, 2.75) is 166 Å². The highest BCUT2D eigenvalue weighted by molar-refractivity contribution is 5.83. The van der Waals surface area contributed by atoms with Crippen LogP contribution in [-0.2, 0) is 42.7 Å². The molecule has 1 spiro atoms. The zero-order valence-corrected chi connectivity index (χ0v) is 32.3. The Bertz CT molecular complexity index is 1400. The van der Waals surface area contributed by atoms with Gasteiger partial charge in [0.15, 0.2) is 24.5 Å². The molecule has 14 nitrogen and oxygen atoms in total. The number of aliphatic hydroxyl groups excluding tert-OH is 5. The molecule has 5 N–H and O–H groups in total. The molecule has 4 saturated heterocycles. The van der Waals surface area contributed by atoms with Crippen LogP contribution in [0.15, 0.2) is 0 Å². The average Bonchev–Trinajstić information content (AvgIpc) is 3.58. The van der Waals surface area contributed by atoms with Crippen molar-refractivity contribution in [1.29, 1.82) is 0 Å². The summed E-state index contributed by atoms with van der Waals surface area (Å²) >= 11 is 0. The van der Waals surface area contributed by atoms with Crippen LogP contribution < -0.4 is 0 Å². The van der Waals surface area contributed by atoms with Crippen LogP contribution in [-0.4, -0.2) is 130 Å². The molecule has 4 aliphatic heterocycles. The predicted molar refractivity (Wildman–Crippen MR) is 187 cm³/mol. The van der Waals surface area contributed by atoms with Crippen LogP contribution in [0.25, 0.3) is 0 Å². The molecule has 54 heavy (non-hydrogen) atoms. The van der Waals surface area contributed by atoms with E-state index in [1.807, 2.05) is 0 Å². The number of ether oxygens (including phenoxy) is 7. The summed E-state index contributed by atoms with van der Waals surface area (Å²) in [5, 5.41) is 52.9. The van der Waals surface area contributed by atoms with Crippen LogP contribution in [0.1, 0.15) is 92.4 Å². The quantitative estimate of drug-likeness (QED) is 0.194. The second-order valence-electron chi connectivity index (χ2n) is 18.8. The highest BCUT2D eigenvalue weighted by Crippen LogP contribution is 2.71. The summed E-state index contributed by atoms with van der Waals surface area (Å²) in [7, 11) is 0. The first-order chi connectivity index (χ1) is 25.6. The number of ketones is 1. The van der Waals surface area contributed by atoms with Crippen molar-refractivity contribution in [3.8, 4) is 0 Å². The molecule has 21 atom stereocenters. The number of carbonyl (C=O) groups is 2. The van der Waals surface area contributed by atoms with E-state index in [4.69, 9.17) is 33.2 Å². The Hall–Kier alpha value is -1.30. The van der Waals surface area contributed by atoms with Gasteiger partial charge in [0, 0.05) is 31.6 Å². The summed E-state index contributed by atoms with van der Waals surface area (Å²) in [6.45, 7) is 10.6. The minimum absolute atomic E-state index is 0.108. The van der Waals surface area contributed by atoms with Crippen molar-refractivity contribution in [1.82, 2.24) is 0 Å². The second-order valence-corrected chi connectivity index (χ2v) is 18.8. The molecule has 0 aromatic heterocycles. The molecule has 14 heteroatoms. The van der Waals surface area contributed by atoms with Crippen LogP contribution >= 0.6 is 0 Å². The maximum Gasteiger partial charge on any atom is 0.303 e. The van der Waals surface area contributed by atoms with E-state index in [9.17, 15) is 35.1 Å². The van der Waals surface area contributed by atoms with Crippen molar-refractivity contribution in [3.05, 3.63) is 0 Å². The Morgan fingerprint density at radius 2 is 1.63 bits per heavy atom. The van der Waals surface area contributed by atoms with Gasteiger partial charge in [0.05, 0.1) is 32.0 Å². The van der Waals surface area contributed by atoms with Crippen molar-refractivity contribution in [2.24, 2.45) is 52.3 Å². The van der Waals surface area contributed by atoms with Crippen molar-refractivity contribution in [2.75, 3.05) is 19.8 Å². The van der Waals surface area contributed by atoms with Gasteiger partial charge in [0.2, 0.25) is 0 Å². The average molecular weight is 767 g/mol. The maximum atomic E-state index is 14.2. The van der Waals surface area contributed by atoms with E-state index in [1.165, 1.54) is 0 Å². The van der Waals surface area contributed by atoms with Gasteiger partial charge in [0.1, 0.15) is 42.4 Å². The van der Waals surface area contributed by atoms with Crippen molar-refractivity contribution >= 4 is 11.8 Å². The van der Waals surface area contributed by atoms with Crippen LogP contribution in [0.4, 0.5) is 0 Å². The molecule has 0 aromatic rings. The molecule has 8 unspecified atom stereocenters. The molecular formula is C40H62O14. The van der Waals surface area contributed by atoms with Crippen LogP contribution in [0.2, 0.25) is 0 Å². The lowest BCUT2D eigenvalue weighted by Gasteiger charge is -2.60. The van der Waals surface area contributed by atoms with Gasteiger partial charge >= 0.3 is 5.97 Å².